The van der Waals surface area contributed by atoms with Crippen LogP contribution in [0.3, 0.4) is 0 Å². The van der Waals surface area contributed by atoms with E-state index in [0.29, 0.717) is 26.1 Å². The van der Waals surface area contributed by atoms with Gasteiger partial charge in [0.1, 0.15) is 12.4 Å². The van der Waals surface area contributed by atoms with E-state index < -0.39 is 17.9 Å². The highest BCUT2D eigenvalue weighted by Gasteiger charge is 2.35. The minimum Gasteiger partial charge on any atom is -0.492 e. The van der Waals surface area contributed by atoms with Gasteiger partial charge in [-0.1, -0.05) is 36.4 Å². The van der Waals surface area contributed by atoms with E-state index >= 15 is 0 Å². The topological polar surface area (TPSA) is 84.6 Å². The number of fused-ring (bicyclic) bond motifs is 1. The molecule has 5 nitrogen and oxygen atoms in total. The Morgan fingerprint density at radius 2 is 2.04 bits per heavy atom. The van der Waals surface area contributed by atoms with E-state index in [1.54, 1.807) is 0 Å². The van der Waals surface area contributed by atoms with Crippen LogP contribution in [0.4, 0.5) is 0 Å². The van der Waals surface area contributed by atoms with Gasteiger partial charge in [0.2, 0.25) is 5.91 Å². The van der Waals surface area contributed by atoms with E-state index in [0.717, 1.165) is 22.4 Å². The number of aliphatic hydroxyl groups is 1. The predicted octanol–water partition coefficient (Wildman–Crippen LogP) is 1.34. The van der Waals surface area contributed by atoms with Crippen LogP contribution in [0.5, 0.6) is 5.75 Å². The Morgan fingerprint density at radius 3 is 2.79 bits per heavy atom. The average molecular weight is 326 g/mol. The van der Waals surface area contributed by atoms with Crippen LogP contribution in [0.1, 0.15) is 22.6 Å². The van der Waals surface area contributed by atoms with Crippen LogP contribution in [0.25, 0.3) is 0 Å². The Bertz CT molecular complexity index is 703. The van der Waals surface area contributed by atoms with Gasteiger partial charge >= 0.3 is 0 Å². The zero-order valence-corrected chi connectivity index (χ0v) is 13.4. The van der Waals surface area contributed by atoms with Gasteiger partial charge in [-0.25, -0.2) is 0 Å². The molecule has 0 bridgehead atoms. The summed E-state index contributed by atoms with van der Waals surface area (Å²) in [5, 5.41) is 13.3. The van der Waals surface area contributed by atoms with Crippen molar-refractivity contribution in [3.63, 3.8) is 0 Å². The SMILES string of the molecule is NC(=O)[C@@H]1c2cc(CNCCOc3ccccc3)ccc2C[C@H]1O. The van der Waals surface area contributed by atoms with Crippen molar-refractivity contribution < 1.29 is 14.6 Å². The summed E-state index contributed by atoms with van der Waals surface area (Å²) < 4.78 is 5.62. The zero-order chi connectivity index (χ0) is 16.9. The monoisotopic (exact) mass is 326 g/mol. The van der Waals surface area contributed by atoms with E-state index in [-0.39, 0.29) is 0 Å². The fourth-order valence-corrected chi connectivity index (χ4v) is 3.11. The number of hydrogen-bond acceptors (Lipinski definition) is 4. The Labute approximate surface area is 141 Å². The number of nitrogens with two attached hydrogens (primary N) is 1. The lowest BCUT2D eigenvalue weighted by molar-refractivity contribution is -0.121. The van der Waals surface area contributed by atoms with E-state index in [2.05, 4.69) is 5.32 Å². The third kappa shape index (κ3) is 3.75. The smallest absolute Gasteiger partial charge is 0.227 e. The number of carbonyl (C=O) groups excluding carboxylic acids is 1. The molecule has 0 fully saturated rings. The Morgan fingerprint density at radius 1 is 1.25 bits per heavy atom. The first-order valence-electron chi connectivity index (χ1n) is 8.13. The minimum absolute atomic E-state index is 0.470. The van der Waals surface area contributed by atoms with Gasteiger partial charge in [-0.15, -0.1) is 0 Å². The number of ether oxygens (including phenoxy) is 1. The quantitative estimate of drug-likeness (QED) is 0.671. The summed E-state index contributed by atoms with van der Waals surface area (Å²) in [7, 11) is 0. The molecule has 1 aliphatic rings. The summed E-state index contributed by atoms with van der Waals surface area (Å²) in [6, 6.07) is 15.6. The summed E-state index contributed by atoms with van der Waals surface area (Å²) in [6.07, 6.45) is -0.221. The second-order valence-corrected chi connectivity index (χ2v) is 6.02. The highest BCUT2D eigenvalue weighted by molar-refractivity contribution is 5.84. The molecule has 5 heteroatoms. The van der Waals surface area contributed by atoms with Crippen molar-refractivity contribution in [2.24, 2.45) is 5.73 Å². The third-order valence-corrected chi connectivity index (χ3v) is 4.29. The van der Waals surface area contributed by atoms with E-state index in [9.17, 15) is 9.90 Å². The fraction of sp³-hybridized carbons (Fsp3) is 0.316. The highest BCUT2D eigenvalue weighted by Crippen LogP contribution is 2.33. The standard InChI is InChI=1S/C19H22N2O3/c20-19(23)18-16-10-13(6-7-14(16)11-17(18)22)12-21-8-9-24-15-4-2-1-3-5-15/h1-7,10,17-18,21-22H,8-9,11-12H2,(H2,20,23)/t17-,18-/m1/s1. The molecule has 2 aromatic rings. The Hall–Kier alpha value is -2.37. The van der Waals surface area contributed by atoms with Crippen LogP contribution in [0, 0.1) is 0 Å². The fourth-order valence-electron chi connectivity index (χ4n) is 3.11. The lowest BCUT2D eigenvalue weighted by atomic mass is 9.97. The van der Waals surface area contributed by atoms with Crippen molar-refractivity contribution in [1.29, 1.82) is 0 Å². The summed E-state index contributed by atoms with van der Waals surface area (Å²) in [6.45, 7) is 1.97. The van der Waals surface area contributed by atoms with E-state index in [1.807, 2.05) is 48.5 Å². The minimum atomic E-state index is -0.708. The largest absolute Gasteiger partial charge is 0.492 e. The first-order valence-corrected chi connectivity index (χ1v) is 8.13. The number of benzene rings is 2. The second kappa shape index (κ2) is 7.47. The molecule has 0 radical (unpaired) electrons. The molecule has 0 saturated heterocycles. The molecule has 1 aliphatic carbocycles. The maximum Gasteiger partial charge on any atom is 0.227 e. The van der Waals surface area contributed by atoms with Crippen LogP contribution in [-0.4, -0.2) is 30.3 Å². The number of aliphatic hydroxyl groups excluding tert-OH is 1. The molecule has 0 aromatic heterocycles. The average Bonchev–Trinajstić information content (AvgIpc) is 2.90. The molecule has 3 rings (SSSR count). The van der Waals surface area contributed by atoms with Gasteiger partial charge in [-0.2, -0.15) is 0 Å². The molecule has 2 aromatic carbocycles. The highest BCUT2D eigenvalue weighted by atomic mass is 16.5. The molecule has 0 spiro atoms. The van der Waals surface area contributed by atoms with Crippen LogP contribution < -0.4 is 15.8 Å². The lowest BCUT2D eigenvalue weighted by Crippen LogP contribution is -2.28. The second-order valence-electron chi connectivity index (χ2n) is 6.02. The number of para-hydroxylation sites is 1. The summed E-state index contributed by atoms with van der Waals surface area (Å²) >= 11 is 0. The van der Waals surface area contributed by atoms with E-state index in [1.165, 1.54) is 0 Å². The van der Waals surface area contributed by atoms with Crippen molar-refractivity contribution >= 4 is 5.91 Å². The van der Waals surface area contributed by atoms with Gasteiger partial charge in [0.25, 0.3) is 0 Å². The van der Waals surface area contributed by atoms with Crippen molar-refractivity contribution in [3.05, 3.63) is 65.2 Å². The normalized spacial score (nSPS) is 19.0. The van der Waals surface area contributed by atoms with Crippen molar-refractivity contribution in [3.8, 4) is 5.75 Å². The molecule has 24 heavy (non-hydrogen) atoms. The summed E-state index contributed by atoms with van der Waals surface area (Å²) in [5.41, 5.74) is 8.34. The molecular formula is C19H22N2O3. The van der Waals surface area contributed by atoms with Crippen molar-refractivity contribution in [1.82, 2.24) is 5.32 Å². The van der Waals surface area contributed by atoms with Gasteiger partial charge in [-0.3, -0.25) is 4.79 Å². The lowest BCUT2D eigenvalue weighted by Gasteiger charge is -2.12. The number of carbonyl (C=O) groups is 1. The van der Waals surface area contributed by atoms with E-state index in [4.69, 9.17) is 10.5 Å². The van der Waals surface area contributed by atoms with Gasteiger partial charge in [0.05, 0.1) is 12.0 Å². The number of primary amides is 1. The van der Waals surface area contributed by atoms with Gasteiger partial charge < -0.3 is 20.9 Å². The zero-order valence-electron chi connectivity index (χ0n) is 13.4. The van der Waals surface area contributed by atoms with Gasteiger partial charge in [0.15, 0.2) is 0 Å². The van der Waals surface area contributed by atoms with Gasteiger partial charge in [-0.05, 0) is 35.2 Å². The Balaban J connectivity index is 1.51. The van der Waals surface area contributed by atoms with Crippen molar-refractivity contribution in [2.45, 2.75) is 25.0 Å². The molecular weight excluding hydrogens is 304 g/mol. The number of rotatable bonds is 7. The van der Waals surface area contributed by atoms with Crippen LogP contribution >= 0.6 is 0 Å². The maximum absolute atomic E-state index is 11.6. The summed E-state index contributed by atoms with van der Waals surface area (Å²) in [4.78, 5) is 11.6. The molecule has 2 atom stereocenters. The number of amides is 1. The summed E-state index contributed by atoms with van der Waals surface area (Å²) in [5.74, 6) is -0.209. The molecule has 0 aliphatic heterocycles. The van der Waals surface area contributed by atoms with Crippen LogP contribution in [-0.2, 0) is 17.8 Å². The third-order valence-electron chi connectivity index (χ3n) is 4.29. The molecule has 0 heterocycles. The van der Waals surface area contributed by atoms with Crippen LogP contribution in [0.2, 0.25) is 0 Å². The molecule has 0 saturated carbocycles. The number of hydrogen-bond donors (Lipinski definition) is 3. The molecule has 4 N–H and O–H groups in total. The van der Waals surface area contributed by atoms with Gasteiger partial charge in [0, 0.05) is 13.1 Å². The molecule has 1 amide bonds. The first kappa shape index (κ1) is 16.5. The molecule has 126 valence electrons. The van der Waals surface area contributed by atoms with Crippen molar-refractivity contribution in [2.75, 3.05) is 13.2 Å². The first-order chi connectivity index (χ1) is 11.6. The predicted molar refractivity (Wildman–Crippen MR) is 91.7 cm³/mol. The maximum atomic E-state index is 11.6. The van der Waals surface area contributed by atoms with Crippen LogP contribution in [0.15, 0.2) is 48.5 Å². The number of nitrogens with one attached hydrogen (secondary N) is 1. The Kier molecular flexibility index (Phi) is 5.13. The molecule has 0 unspecified atom stereocenters.